The molecule has 71 heavy (non-hydrogen) atoms. The zero-order valence-electron chi connectivity index (χ0n) is 38.8. The van der Waals surface area contributed by atoms with Crippen molar-refractivity contribution in [1.29, 1.82) is 0 Å². The largest absolute Gasteiger partial charge is 0.309 e. The number of nitrogens with zero attached hydrogens (tertiary/aromatic N) is 3. The number of rotatable bonds is 9. The normalized spacial score (nSPS) is 11.4. The summed E-state index contributed by atoms with van der Waals surface area (Å²) < 4.78 is 2.51. The topological polar surface area (TPSA) is 30.7 Å². The maximum atomic E-state index is 5.34. The van der Waals surface area contributed by atoms with Crippen LogP contribution in [-0.4, -0.2) is 14.5 Å². The van der Waals surface area contributed by atoms with Gasteiger partial charge in [0.05, 0.1) is 22.2 Å². The molecule has 13 aromatic rings. The van der Waals surface area contributed by atoms with Crippen molar-refractivity contribution in [2.45, 2.75) is 0 Å². The molecule has 0 unspecified atom stereocenters. The minimum atomic E-state index is 0.689. The van der Waals surface area contributed by atoms with Gasteiger partial charge in [-0.25, -0.2) is 9.97 Å². The minimum absolute atomic E-state index is 0.689. The monoisotopic (exact) mass is 903 g/mol. The third-order valence-corrected chi connectivity index (χ3v) is 13.8. The molecule has 332 valence electrons. The summed E-state index contributed by atoms with van der Waals surface area (Å²) in [6.07, 6.45) is 0. The molecule has 3 heteroatoms. The SMILES string of the molecule is c1ccc(-c2ccc(-c3nc(-c4cccc(-c5ccc6c7c(-c8ccccc8)c(-c8ccccc8)c(-c8ccccc8)c(-c8ccccc8)c7n(-c7ccccc7)c6c5)c4)nc4ccccc34)cc2)cc1. The first-order chi connectivity index (χ1) is 35.2. The van der Waals surface area contributed by atoms with Crippen LogP contribution in [0.25, 0.3) is 128 Å². The van der Waals surface area contributed by atoms with Gasteiger partial charge in [0, 0.05) is 49.7 Å². The Morgan fingerprint density at radius 3 is 1.32 bits per heavy atom. The van der Waals surface area contributed by atoms with Crippen LogP contribution in [0.5, 0.6) is 0 Å². The number of hydrogen-bond acceptors (Lipinski definition) is 2. The molecule has 0 bridgehead atoms. The number of hydrogen-bond donors (Lipinski definition) is 0. The van der Waals surface area contributed by atoms with E-state index in [-0.39, 0.29) is 0 Å². The molecule has 0 fully saturated rings. The highest BCUT2D eigenvalue weighted by atomic mass is 15.0. The van der Waals surface area contributed by atoms with Gasteiger partial charge in [-0.3, -0.25) is 0 Å². The van der Waals surface area contributed by atoms with Gasteiger partial charge in [0.2, 0.25) is 0 Å². The fourth-order valence-corrected chi connectivity index (χ4v) is 10.6. The lowest BCUT2D eigenvalue weighted by Gasteiger charge is -2.24. The van der Waals surface area contributed by atoms with Crippen LogP contribution >= 0.6 is 0 Å². The van der Waals surface area contributed by atoms with E-state index >= 15 is 0 Å². The van der Waals surface area contributed by atoms with E-state index in [9.17, 15) is 0 Å². The third kappa shape index (κ3) is 7.49. The average molecular weight is 904 g/mol. The number of benzene rings is 11. The number of para-hydroxylation sites is 2. The summed E-state index contributed by atoms with van der Waals surface area (Å²) in [7, 11) is 0. The van der Waals surface area contributed by atoms with Crippen molar-refractivity contribution in [3.63, 3.8) is 0 Å². The van der Waals surface area contributed by atoms with E-state index in [2.05, 4.69) is 278 Å². The Bertz CT molecular complexity index is 4040. The van der Waals surface area contributed by atoms with Crippen LogP contribution in [0, 0.1) is 0 Å². The molecule has 0 saturated heterocycles. The summed E-state index contributed by atoms with van der Waals surface area (Å²) in [5, 5.41) is 3.41. The summed E-state index contributed by atoms with van der Waals surface area (Å²) in [6, 6.07) is 98.0. The maximum Gasteiger partial charge on any atom is 0.160 e. The fraction of sp³-hybridized carbons (Fsp3) is 0. The van der Waals surface area contributed by atoms with Gasteiger partial charge in [-0.2, -0.15) is 0 Å². The van der Waals surface area contributed by atoms with Crippen LogP contribution in [0.2, 0.25) is 0 Å². The summed E-state index contributed by atoms with van der Waals surface area (Å²) in [6.45, 7) is 0. The molecule has 0 spiro atoms. The van der Waals surface area contributed by atoms with E-state index in [1.807, 2.05) is 0 Å². The first-order valence-corrected chi connectivity index (χ1v) is 24.2. The fourth-order valence-electron chi connectivity index (χ4n) is 10.6. The lowest BCUT2D eigenvalue weighted by molar-refractivity contribution is 1.18. The molecule has 13 rings (SSSR count). The van der Waals surface area contributed by atoms with E-state index in [0.29, 0.717) is 5.82 Å². The van der Waals surface area contributed by atoms with Crippen molar-refractivity contribution in [2.75, 3.05) is 0 Å². The van der Waals surface area contributed by atoms with Crippen molar-refractivity contribution >= 4 is 32.7 Å². The first kappa shape index (κ1) is 41.7. The number of aromatic nitrogens is 3. The van der Waals surface area contributed by atoms with E-state index in [4.69, 9.17) is 9.97 Å². The van der Waals surface area contributed by atoms with E-state index in [1.54, 1.807) is 0 Å². The van der Waals surface area contributed by atoms with E-state index < -0.39 is 0 Å². The smallest absolute Gasteiger partial charge is 0.160 e. The Labute approximate surface area is 413 Å². The van der Waals surface area contributed by atoms with Crippen LogP contribution in [0.4, 0.5) is 0 Å². The predicted octanol–water partition coefficient (Wildman–Crippen LogP) is 18.1. The van der Waals surface area contributed by atoms with Gasteiger partial charge in [0.15, 0.2) is 5.82 Å². The van der Waals surface area contributed by atoms with Crippen molar-refractivity contribution in [3.05, 3.63) is 273 Å². The molecule has 0 atom stereocenters. The molecule has 0 aliphatic rings. The van der Waals surface area contributed by atoms with Crippen molar-refractivity contribution in [1.82, 2.24) is 14.5 Å². The second-order valence-corrected chi connectivity index (χ2v) is 18.0. The van der Waals surface area contributed by atoms with E-state index in [1.165, 1.54) is 55.3 Å². The molecule has 0 aliphatic heterocycles. The second-order valence-electron chi connectivity index (χ2n) is 18.0. The zero-order valence-corrected chi connectivity index (χ0v) is 38.8. The quantitative estimate of drug-likeness (QED) is 0.144. The molecule has 11 aromatic carbocycles. The summed E-state index contributed by atoms with van der Waals surface area (Å²) in [5.74, 6) is 0.689. The summed E-state index contributed by atoms with van der Waals surface area (Å²) in [5.41, 5.74) is 21.2. The lowest BCUT2D eigenvalue weighted by atomic mass is 9.80. The van der Waals surface area contributed by atoms with Gasteiger partial charge in [0.1, 0.15) is 0 Å². The van der Waals surface area contributed by atoms with E-state index in [0.717, 1.165) is 66.7 Å². The van der Waals surface area contributed by atoms with Gasteiger partial charge >= 0.3 is 0 Å². The number of fused-ring (bicyclic) bond motifs is 4. The van der Waals surface area contributed by atoms with Gasteiger partial charge in [-0.05, 0) is 80.4 Å². The molecule has 0 N–H and O–H groups in total. The van der Waals surface area contributed by atoms with Crippen LogP contribution in [-0.2, 0) is 0 Å². The highest BCUT2D eigenvalue weighted by Gasteiger charge is 2.29. The highest BCUT2D eigenvalue weighted by Crippen LogP contribution is 2.54. The first-order valence-electron chi connectivity index (χ1n) is 24.2. The zero-order chi connectivity index (χ0) is 47.1. The second kappa shape index (κ2) is 17.9. The molecule has 2 aromatic heterocycles. The Balaban J connectivity index is 1.07. The highest BCUT2D eigenvalue weighted by molar-refractivity contribution is 6.26. The molecule has 2 heterocycles. The molecule has 0 radical (unpaired) electrons. The van der Waals surface area contributed by atoms with Crippen LogP contribution in [0.15, 0.2) is 273 Å². The Hall–Kier alpha value is -9.44. The molecule has 0 amide bonds. The van der Waals surface area contributed by atoms with Crippen LogP contribution < -0.4 is 0 Å². The standard InChI is InChI=1S/C68H45N3/c1-7-22-46(23-8-1)47-38-40-52(41-39-47)66-57-36-19-20-37-59(57)69-68(70-66)55-33-21-32-53(44-55)54-42-43-58-60(45-54)71(56-34-17-6-18-35-56)67-64(51-30-15-5-16-31-51)62(49-26-11-3-12-27-49)61(48-24-9-2-10-25-48)63(65(58)67)50-28-13-4-14-29-50/h1-45H. The Morgan fingerprint density at radius 1 is 0.268 bits per heavy atom. The molecular weight excluding hydrogens is 859 g/mol. The van der Waals surface area contributed by atoms with Crippen molar-refractivity contribution in [2.24, 2.45) is 0 Å². The Kier molecular flexibility index (Phi) is 10.5. The predicted molar refractivity (Wildman–Crippen MR) is 297 cm³/mol. The Morgan fingerprint density at radius 2 is 0.704 bits per heavy atom. The van der Waals surface area contributed by atoms with Gasteiger partial charge < -0.3 is 4.57 Å². The van der Waals surface area contributed by atoms with Gasteiger partial charge in [0.25, 0.3) is 0 Å². The summed E-state index contributed by atoms with van der Waals surface area (Å²) in [4.78, 5) is 10.5. The van der Waals surface area contributed by atoms with Gasteiger partial charge in [-0.1, -0.05) is 243 Å². The van der Waals surface area contributed by atoms with Crippen molar-refractivity contribution in [3.8, 4) is 95.1 Å². The lowest BCUT2D eigenvalue weighted by Crippen LogP contribution is -2.00. The summed E-state index contributed by atoms with van der Waals surface area (Å²) >= 11 is 0. The van der Waals surface area contributed by atoms with Crippen LogP contribution in [0.3, 0.4) is 0 Å². The maximum absolute atomic E-state index is 5.34. The molecule has 0 saturated carbocycles. The van der Waals surface area contributed by atoms with Crippen LogP contribution in [0.1, 0.15) is 0 Å². The third-order valence-electron chi connectivity index (χ3n) is 13.8. The molecular formula is C68H45N3. The average Bonchev–Trinajstić information content (AvgIpc) is 3.80. The molecule has 0 aliphatic carbocycles. The molecule has 3 nitrogen and oxygen atoms in total. The minimum Gasteiger partial charge on any atom is -0.309 e. The van der Waals surface area contributed by atoms with Gasteiger partial charge in [-0.15, -0.1) is 0 Å². The van der Waals surface area contributed by atoms with Crippen molar-refractivity contribution < 1.29 is 0 Å².